The van der Waals surface area contributed by atoms with Crippen LogP contribution in [0, 0.1) is 0 Å². The maximum absolute atomic E-state index is 11.6. The molecule has 0 atom stereocenters. The molecule has 0 aliphatic heterocycles. The number of nitrogens with two attached hydrogens (primary N) is 1. The molecule has 0 spiro atoms. The van der Waals surface area contributed by atoms with Crippen molar-refractivity contribution in [2.24, 2.45) is 5.73 Å². The molecule has 0 amide bonds. The molecule has 0 aliphatic carbocycles. The molecule has 3 N–H and O–H groups in total. The number of carbonyl (C=O) groups is 1. The van der Waals surface area contributed by atoms with Gasteiger partial charge in [0.05, 0.1) is 5.75 Å². The zero-order valence-corrected chi connectivity index (χ0v) is 11.6. The van der Waals surface area contributed by atoms with Crippen molar-refractivity contribution in [3.63, 3.8) is 0 Å². The van der Waals surface area contributed by atoms with E-state index in [0.29, 0.717) is 24.8 Å². The first-order chi connectivity index (χ1) is 8.28. The van der Waals surface area contributed by atoms with Gasteiger partial charge < -0.3 is 10.5 Å². The molecule has 0 radical (unpaired) electrons. The Balaban J connectivity index is 4.24. The fourth-order valence-electron chi connectivity index (χ4n) is 1.38. The minimum atomic E-state index is -3.93. The van der Waals surface area contributed by atoms with Crippen molar-refractivity contribution in [1.82, 2.24) is 0 Å². The second kappa shape index (κ2) is 8.23. The van der Waals surface area contributed by atoms with E-state index in [1.165, 1.54) is 0 Å². The summed E-state index contributed by atoms with van der Waals surface area (Å²) in [5.41, 5.74) is 6.61. The van der Waals surface area contributed by atoms with Gasteiger partial charge >= 0.3 is 5.97 Å². The third kappa shape index (κ3) is 8.21. The van der Waals surface area contributed by atoms with E-state index < -0.39 is 16.1 Å². The van der Waals surface area contributed by atoms with Gasteiger partial charge in [-0.1, -0.05) is 5.57 Å². The Hall–Kier alpha value is -0.920. The Morgan fingerprint density at radius 2 is 1.89 bits per heavy atom. The SMILES string of the molecule is CC(C)=C(CCCCS(=O)(=O)O)C(=O)OCCN. The molecule has 0 saturated carbocycles. The number of allylic oxidation sites excluding steroid dienone is 1. The van der Waals surface area contributed by atoms with Gasteiger partial charge in [-0.25, -0.2) is 4.79 Å². The highest BCUT2D eigenvalue weighted by Gasteiger charge is 2.13. The third-order valence-corrected chi connectivity index (χ3v) is 3.08. The van der Waals surface area contributed by atoms with Gasteiger partial charge in [0.15, 0.2) is 0 Å². The van der Waals surface area contributed by atoms with Crippen LogP contribution < -0.4 is 5.73 Å². The van der Waals surface area contributed by atoms with Crippen molar-refractivity contribution in [2.75, 3.05) is 18.9 Å². The zero-order valence-electron chi connectivity index (χ0n) is 10.8. The Morgan fingerprint density at radius 1 is 1.28 bits per heavy atom. The molecule has 0 aliphatic rings. The average molecular weight is 279 g/mol. The largest absolute Gasteiger partial charge is 0.461 e. The first-order valence-corrected chi connectivity index (χ1v) is 7.37. The van der Waals surface area contributed by atoms with E-state index in [1.54, 1.807) is 13.8 Å². The normalized spacial score (nSPS) is 11.1. The summed E-state index contributed by atoms with van der Waals surface area (Å²) in [6.45, 7) is 4.02. The second-order valence-corrected chi connectivity index (χ2v) is 5.72. The minimum absolute atomic E-state index is 0.167. The van der Waals surface area contributed by atoms with Gasteiger partial charge in [0.2, 0.25) is 0 Å². The summed E-state index contributed by atoms with van der Waals surface area (Å²) in [5.74, 6) is -0.701. The Kier molecular flexibility index (Phi) is 7.81. The van der Waals surface area contributed by atoms with Crippen LogP contribution in [0.2, 0.25) is 0 Å². The summed E-state index contributed by atoms with van der Waals surface area (Å²) in [4.78, 5) is 11.6. The van der Waals surface area contributed by atoms with Crippen LogP contribution in [0.4, 0.5) is 0 Å². The highest BCUT2D eigenvalue weighted by atomic mass is 32.2. The first kappa shape index (κ1) is 17.1. The molecular formula is C11H21NO5S. The maximum atomic E-state index is 11.6. The van der Waals surface area contributed by atoms with Crippen LogP contribution in [-0.4, -0.2) is 37.8 Å². The average Bonchev–Trinajstić information content (AvgIpc) is 2.23. The van der Waals surface area contributed by atoms with E-state index >= 15 is 0 Å². The van der Waals surface area contributed by atoms with E-state index in [1.807, 2.05) is 0 Å². The van der Waals surface area contributed by atoms with E-state index in [-0.39, 0.29) is 18.9 Å². The molecule has 106 valence electrons. The molecular weight excluding hydrogens is 258 g/mol. The van der Waals surface area contributed by atoms with Gasteiger partial charge in [-0.15, -0.1) is 0 Å². The Morgan fingerprint density at radius 3 is 2.33 bits per heavy atom. The fourth-order valence-corrected chi connectivity index (χ4v) is 1.95. The number of rotatable bonds is 8. The number of hydrogen-bond acceptors (Lipinski definition) is 5. The van der Waals surface area contributed by atoms with E-state index in [4.69, 9.17) is 15.0 Å². The summed E-state index contributed by atoms with van der Waals surface area (Å²) in [5, 5.41) is 0. The summed E-state index contributed by atoms with van der Waals surface area (Å²) < 4.78 is 34.5. The fraction of sp³-hybridized carbons (Fsp3) is 0.727. The molecule has 0 bridgehead atoms. The highest BCUT2D eigenvalue weighted by molar-refractivity contribution is 7.85. The molecule has 0 saturated heterocycles. The van der Waals surface area contributed by atoms with Crippen molar-refractivity contribution < 1.29 is 22.5 Å². The number of ether oxygens (including phenoxy) is 1. The lowest BCUT2D eigenvalue weighted by atomic mass is 10.0. The third-order valence-electron chi connectivity index (χ3n) is 2.28. The van der Waals surface area contributed by atoms with Crippen LogP contribution in [0.15, 0.2) is 11.1 Å². The zero-order chi connectivity index (χ0) is 14.2. The maximum Gasteiger partial charge on any atom is 0.333 e. The van der Waals surface area contributed by atoms with Crippen LogP contribution in [0.5, 0.6) is 0 Å². The highest BCUT2D eigenvalue weighted by Crippen LogP contribution is 2.14. The topological polar surface area (TPSA) is 107 Å². The Bertz CT molecular complexity index is 396. The van der Waals surface area contributed by atoms with Crippen molar-refractivity contribution in [1.29, 1.82) is 0 Å². The minimum Gasteiger partial charge on any atom is -0.461 e. The predicted octanol–water partition coefficient (Wildman–Crippen LogP) is 0.883. The van der Waals surface area contributed by atoms with E-state index in [0.717, 1.165) is 5.57 Å². The van der Waals surface area contributed by atoms with Gasteiger partial charge in [0, 0.05) is 12.1 Å². The standard InChI is InChI=1S/C11H21NO5S/c1-9(2)10(11(13)17-7-6-12)5-3-4-8-18(14,15)16/h3-8,12H2,1-2H3,(H,14,15,16). The predicted molar refractivity (Wildman–Crippen MR) is 68.7 cm³/mol. The molecule has 0 aromatic rings. The van der Waals surface area contributed by atoms with Gasteiger partial charge in [0.25, 0.3) is 10.1 Å². The number of carbonyl (C=O) groups excluding carboxylic acids is 1. The van der Waals surface area contributed by atoms with E-state index in [9.17, 15) is 13.2 Å². The molecule has 0 rings (SSSR count). The lowest BCUT2D eigenvalue weighted by molar-refractivity contribution is -0.139. The van der Waals surface area contributed by atoms with Crippen LogP contribution in [0.1, 0.15) is 33.1 Å². The molecule has 7 heteroatoms. The Labute approximate surface area is 108 Å². The van der Waals surface area contributed by atoms with Gasteiger partial charge in [-0.3, -0.25) is 4.55 Å². The first-order valence-electron chi connectivity index (χ1n) is 5.76. The van der Waals surface area contributed by atoms with Crippen LogP contribution in [-0.2, 0) is 19.6 Å². The lowest BCUT2D eigenvalue weighted by Gasteiger charge is -2.09. The van der Waals surface area contributed by atoms with Gasteiger partial charge in [-0.2, -0.15) is 8.42 Å². The lowest BCUT2D eigenvalue weighted by Crippen LogP contribution is -2.16. The molecule has 0 heterocycles. The molecule has 18 heavy (non-hydrogen) atoms. The van der Waals surface area contributed by atoms with E-state index in [2.05, 4.69) is 0 Å². The quantitative estimate of drug-likeness (QED) is 0.296. The number of esters is 1. The smallest absolute Gasteiger partial charge is 0.333 e. The summed E-state index contributed by atoms with van der Waals surface area (Å²) in [7, 11) is -3.93. The van der Waals surface area contributed by atoms with Crippen molar-refractivity contribution in [3.8, 4) is 0 Å². The summed E-state index contributed by atoms with van der Waals surface area (Å²) in [6, 6.07) is 0. The molecule has 0 aromatic heterocycles. The van der Waals surface area contributed by atoms with Crippen molar-refractivity contribution >= 4 is 16.1 Å². The molecule has 0 fully saturated rings. The molecule has 6 nitrogen and oxygen atoms in total. The van der Waals surface area contributed by atoms with Crippen molar-refractivity contribution in [3.05, 3.63) is 11.1 Å². The van der Waals surface area contributed by atoms with Gasteiger partial charge in [-0.05, 0) is 33.1 Å². The van der Waals surface area contributed by atoms with Crippen molar-refractivity contribution in [2.45, 2.75) is 33.1 Å². The number of unbranched alkanes of at least 4 members (excludes halogenated alkanes) is 1. The molecule has 0 aromatic carbocycles. The number of hydrogen-bond donors (Lipinski definition) is 2. The summed E-state index contributed by atoms with van der Waals surface area (Å²) in [6.07, 6.45) is 1.24. The van der Waals surface area contributed by atoms with Gasteiger partial charge in [0.1, 0.15) is 6.61 Å². The van der Waals surface area contributed by atoms with Crippen LogP contribution in [0.3, 0.4) is 0 Å². The second-order valence-electron chi connectivity index (χ2n) is 4.15. The van der Waals surface area contributed by atoms with Crippen LogP contribution >= 0.6 is 0 Å². The monoisotopic (exact) mass is 279 g/mol. The summed E-state index contributed by atoms with van der Waals surface area (Å²) >= 11 is 0. The molecule has 0 unspecified atom stereocenters. The van der Waals surface area contributed by atoms with Crippen LogP contribution in [0.25, 0.3) is 0 Å².